The normalized spacial score (nSPS) is 28.6. The van der Waals surface area contributed by atoms with Crippen LogP contribution in [-0.2, 0) is 0 Å². The van der Waals surface area contributed by atoms with Crippen molar-refractivity contribution in [3.05, 3.63) is 24.2 Å². The summed E-state index contributed by atoms with van der Waals surface area (Å²) in [7, 11) is 0. The first-order valence-electron chi connectivity index (χ1n) is 6.25. The average molecular weight is 223 g/mol. The predicted octanol–water partition coefficient (Wildman–Crippen LogP) is 2.62. The van der Waals surface area contributed by atoms with E-state index in [1.807, 2.05) is 12.1 Å². The quantitative estimate of drug-likeness (QED) is 0.774. The van der Waals surface area contributed by atoms with Crippen molar-refractivity contribution < 1.29 is 9.52 Å². The maximum absolute atomic E-state index is 10.0. The van der Waals surface area contributed by atoms with Gasteiger partial charge in [0.2, 0.25) is 0 Å². The third-order valence-corrected chi connectivity index (χ3v) is 3.41. The van der Waals surface area contributed by atoms with Crippen LogP contribution in [0.3, 0.4) is 0 Å². The summed E-state index contributed by atoms with van der Waals surface area (Å²) in [5.74, 6) is 0.941. The summed E-state index contributed by atoms with van der Waals surface area (Å²) < 4.78 is 5.36. The van der Waals surface area contributed by atoms with Crippen molar-refractivity contribution >= 4 is 0 Å². The van der Waals surface area contributed by atoms with Gasteiger partial charge in [-0.3, -0.25) is 0 Å². The molecule has 0 saturated heterocycles. The molecule has 3 unspecified atom stereocenters. The zero-order valence-corrected chi connectivity index (χ0v) is 9.86. The highest BCUT2D eigenvalue weighted by atomic mass is 16.3. The first-order chi connectivity index (χ1) is 7.77. The third kappa shape index (κ3) is 2.86. The molecule has 16 heavy (non-hydrogen) atoms. The first-order valence-corrected chi connectivity index (χ1v) is 6.25. The zero-order valence-electron chi connectivity index (χ0n) is 9.86. The fourth-order valence-electron chi connectivity index (χ4n) is 2.42. The fraction of sp³-hybridized carbons (Fsp3) is 0.692. The second-order valence-electron chi connectivity index (χ2n) is 4.72. The number of furan rings is 1. The Hall–Kier alpha value is -0.800. The van der Waals surface area contributed by atoms with E-state index in [1.54, 1.807) is 6.26 Å². The van der Waals surface area contributed by atoms with Crippen molar-refractivity contribution in [2.24, 2.45) is 0 Å². The number of rotatable bonds is 3. The topological polar surface area (TPSA) is 45.4 Å². The lowest BCUT2D eigenvalue weighted by molar-refractivity contribution is 0.113. The summed E-state index contributed by atoms with van der Waals surface area (Å²) in [6.45, 7) is 2.08. The first kappa shape index (κ1) is 11.7. The molecule has 3 nitrogen and oxygen atoms in total. The van der Waals surface area contributed by atoms with Gasteiger partial charge in [-0.2, -0.15) is 0 Å². The van der Waals surface area contributed by atoms with Crippen molar-refractivity contribution in [1.82, 2.24) is 5.32 Å². The van der Waals surface area contributed by atoms with Gasteiger partial charge in [-0.15, -0.1) is 0 Å². The van der Waals surface area contributed by atoms with E-state index in [1.165, 1.54) is 12.8 Å². The standard InChI is InChI=1S/C13H21NO2/c1-10(13-8-5-9-16-13)14-11-6-3-2-4-7-12(11)15/h5,8-12,14-15H,2-4,6-7H2,1H3. The molecule has 0 bridgehead atoms. The number of aliphatic hydroxyl groups is 1. The molecular weight excluding hydrogens is 202 g/mol. The molecule has 1 aliphatic carbocycles. The SMILES string of the molecule is CC(NC1CCCCCC1O)c1ccco1. The van der Waals surface area contributed by atoms with E-state index in [2.05, 4.69) is 12.2 Å². The molecule has 3 heteroatoms. The van der Waals surface area contributed by atoms with E-state index in [-0.39, 0.29) is 18.2 Å². The Bertz CT molecular complexity index is 297. The molecule has 0 radical (unpaired) electrons. The number of aliphatic hydroxyl groups excluding tert-OH is 1. The Morgan fingerprint density at radius 1 is 1.38 bits per heavy atom. The van der Waals surface area contributed by atoms with Crippen LogP contribution in [0.2, 0.25) is 0 Å². The molecule has 1 aromatic heterocycles. The highest BCUT2D eigenvalue weighted by Gasteiger charge is 2.23. The van der Waals surface area contributed by atoms with E-state index >= 15 is 0 Å². The average Bonchev–Trinajstić information content (AvgIpc) is 2.73. The minimum atomic E-state index is -0.208. The van der Waals surface area contributed by atoms with Crippen LogP contribution in [0.4, 0.5) is 0 Å². The highest BCUT2D eigenvalue weighted by Crippen LogP contribution is 2.21. The zero-order chi connectivity index (χ0) is 11.4. The molecule has 1 heterocycles. The lowest BCUT2D eigenvalue weighted by Crippen LogP contribution is -2.40. The summed E-state index contributed by atoms with van der Waals surface area (Å²) in [4.78, 5) is 0. The van der Waals surface area contributed by atoms with Crippen molar-refractivity contribution in [3.8, 4) is 0 Å². The molecule has 0 spiro atoms. The number of hydrogen-bond donors (Lipinski definition) is 2. The van der Waals surface area contributed by atoms with Crippen molar-refractivity contribution in [2.45, 2.75) is 57.2 Å². The maximum Gasteiger partial charge on any atom is 0.120 e. The van der Waals surface area contributed by atoms with Crippen LogP contribution >= 0.6 is 0 Å². The van der Waals surface area contributed by atoms with Gasteiger partial charge in [0, 0.05) is 6.04 Å². The molecule has 0 aliphatic heterocycles. The van der Waals surface area contributed by atoms with Crippen LogP contribution in [0.25, 0.3) is 0 Å². The molecule has 1 fully saturated rings. The van der Waals surface area contributed by atoms with E-state index < -0.39 is 0 Å². The van der Waals surface area contributed by atoms with E-state index in [9.17, 15) is 5.11 Å². The molecule has 2 rings (SSSR count). The largest absolute Gasteiger partial charge is 0.468 e. The second kappa shape index (κ2) is 5.51. The lowest BCUT2D eigenvalue weighted by Gasteiger charge is -2.25. The molecule has 90 valence electrons. The lowest BCUT2D eigenvalue weighted by atomic mass is 10.0. The van der Waals surface area contributed by atoms with Crippen molar-refractivity contribution in [3.63, 3.8) is 0 Å². The molecule has 0 aromatic carbocycles. The maximum atomic E-state index is 10.0. The summed E-state index contributed by atoms with van der Waals surface area (Å²) >= 11 is 0. The Labute approximate surface area is 96.8 Å². The Kier molecular flexibility index (Phi) is 4.02. The second-order valence-corrected chi connectivity index (χ2v) is 4.72. The van der Waals surface area contributed by atoms with Gasteiger partial charge in [-0.05, 0) is 31.9 Å². The Morgan fingerprint density at radius 3 is 2.94 bits per heavy atom. The number of hydrogen-bond acceptors (Lipinski definition) is 3. The van der Waals surface area contributed by atoms with E-state index in [4.69, 9.17) is 4.42 Å². The summed E-state index contributed by atoms with van der Waals surface area (Å²) in [5, 5.41) is 13.5. The molecule has 1 aromatic rings. The van der Waals surface area contributed by atoms with Gasteiger partial charge in [-0.1, -0.05) is 19.3 Å². The molecule has 3 atom stereocenters. The molecule has 0 amide bonds. The minimum absolute atomic E-state index is 0.174. The van der Waals surface area contributed by atoms with Crippen LogP contribution in [0.1, 0.15) is 50.8 Å². The summed E-state index contributed by atoms with van der Waals surface area (Å²) in [6, 6.07) is 4.26. The van der Waals surface area contributed by atoms with E-state index in [0.717, 1.165) is 25.0 Å². The van der Waals surface area contributed by atoms with Crippen LogP contribution in [0.5, 0.6) is 0 Å². The summed E-state index contributed by atoms with van der Waals surface area (Å²) in [5.41, 5.74) is 0. The molecule has 2 N–H and O–H groups in total. The van der Waals surface area contributed by atoms with Gasteiger partial charge in [0.1, 0.15) is 5.76 Å². The van der Waals surface area contributed by atoms with Crippen molar-refractivity contribution in [1.29, 1.82) is 0 Å². The van der Waals surface area contributed by atoms with Crippen LogP contribution in [-0.4, -0.2) is 17.3 Å². The predicted molar refractivity (Wildman–Crippen MR) is 63.1 cm³/mol. The Balaban J connectivity index is 1.92. The van der Waals surface area contributed by atoms with Gasteiger partial charge >= 0.3 is 0 Å². The monoisotopic (exact) mass is 223 g/mol. The van der Waals surface area contributed by atoms with Crippen LogP contribution in [0, 0.1) is 0 Å². The van der Waals surface area contributed by atoms with Gasteiger partial charge in [0.05, 0.1) is 18.4 Å². The van der Waals surface area contributed by atoms with Gasteiger partial charge in [0.25, 0.3) is 0 Å². The number of nitrogens with one attached hydrogen (secondary N) is 1. The summed E-state index contributed by atoms with van der Waals surface area (Å²) in [6.07, 6.45) is 7.06. The van der Waals surface area contributed by atoms with E-state index in [0.29, 0.717) is 0 Å². The Morgan fingerprint density at radius 2 is 2.19 bits per heavy atom. The highest BCUT2D eigenvalue weighted by molar-refractivity contribution is 5.03. The third-order valence-electron chi connectivity index (χ3n) is 3.41. The fourth-order valence-corrected chi connectivity index (χ4v) is 2.42. The molecular formula is C13H21NO2. The minimum Gasteiger partial charge on any atom is -0.468 e. The molecule has 1 saturated carbocycles. The molecule has 1 aliphatic rings. The smallest absolute Gasteiger partial charge is 0.120 e. The van der Waals surface area contributed by atoms with Gasteiger partial charge in [-0.25, -0.2) is 0 Å². The van der Waals surface area contributed by atoms with Gasteiger partial charge in [0.15, 0.2) is 0 Å². The van der Waals surface area contributed by atoms with Crippen molar-refractivity contribution in [2.75, 3.05) is 0 Å². The van der Waals surface area contributed by atoms with Crippen LogP contribution < -0.4 is 5.32 Å². The van der Waals surface area contributed by atoms with Crippen LogP contribution in [0.15, 0.2) is 22.8 Å². The van der Waals surface area contributed by atoms with Gasteiger partial charge < -0.3 is 14.8 Å².